The number of phenols is 1. The molecule has 8 rings (SSSR count). The minimum atomic E-state index is -1.80. The largest absolute Gasteiger partial charge is 0.507 e. The number of anilines is 4. The lowest BCUT2D eigenvalue weighted by Crippen LogP contribution is -2.46. The number of carbonyl (C=O) groups excluding carboxylic acids is 2. The van der Waals surface area contributed by atoms with E-state index in [1.807, 2.05) is 32.9 Å². The Morgan fingerprint density at radius 2 is 1.64 bits per heavy atom. The van der Waals surface area contributed by atoms with E-state index in [1.165, 1.54) is 49.1 Å². The van der Waals surface area contributed by atoms with E-state index in [0.717, 1.165) is 76.0 Å². The van der Waals surface area contributed by atoms with Crippen LogP contribution in [0.25, 0.3) is 11.3 Å². The lowest BCUT2D eigenvalue weighted by Gasteiger charge is -2.37. The summed E-state index contributed by atoms with van der Waals surface area (Å²) in [6, 6.07) is 30.8. The number of ether oxygens (including phenoxy) is 1. The Balaban J connectivity index is 0.809. The van der Waals surface area contributed by atoms with E-state index >= 15 is 8.78 Å². The summed E-state index contributed by atoms with van der Waals surface area (Å²) < 4.78 is 37.9. The zero-order valence-corrected chi connectivity index (χ0v) is 43.9. The van der Waals surface area contributed by atoms with E-state index in [-0.39, 0.29) is 44.3 Å². The monoisotopic (exact) mass is 1060 g/mol. The highest BCUT2D eigenvalue weighted by molar-refractivity contribution is 6.31. The van der Waals surface area contributed by atoms with Crippen LogP contribution in [0.2, 0.25) is 10.0 Å². The Kier molecular flexibility index (Phi) is 17.1. The number of amides is 2. The second-order valence-corrected chi connectivity index (χ2v) is 21.1. The number of nitrogens with zero attached hydrogens (tertiary/aromatic N) is 5. The lowest BCUT2D eigenvalue weighted by atomic mass is 9.62. The molecule has 3 heterocycles. The van der Waals surface area contributed by atoms with Crippen molar-refractivity contribution in [1.82, 2.24) is 26.1 Å². The highest BCUT2D eigenvalue weighted by Crippen LogP contribution is 2.53. The zero-order valence-electron chi connectivity index (χ0n) is 42.4. The van der Waals surface area contributed by atoms with Crippen molar-refractivity contribution in [2.45, 2.75) is 76.4 Å². The number of phenolic OH excluding ortho intramolecular Hbond substituents is 1. The Bertz CT molecular complexity index is 3050. The molecule has 2 fully saturated rings. The third-order valence-corrected chi connectivity index (χ3v) is 14.5. The Labute approximate surface area is 446 Å². The van der Waals surface area contributed by atoms with Gasteiger partial charge in [0.25, 0.3) is 5.91 Å². The number of hydrogen-bond donors (Lipinski definition) is 6. The number of nitrogens with two attached hydrogens (primary N) is 1. The Morgan fingerprint density at radius 1 is 0.907 bits per heavy atom. The molecular weight excluding hydrogens is 998 g/mol. The van der Waals surface area contributed by atoms with Gasteiger partial charge in [-0.2, -0.15) is 5.26 Å². The molecule has 7 N–H and O–H groups in total. The lowest BCUT2D eigenvalue weighted by molar-refractivity contribution is -0.118. The minimum absolute atomic E-state index is 0.0297. The van der Waals surface area contributed by atoms with Gasteiger partial charge in [-0.05, 0) is 109 Å². The second kappa shape index (κ2) is 23.7. The molecule has 0 saturated carbocycles. The van der Waals surface area contributed by atoms with Crippen LogP contribution in [-0.2, 0) is 16.8 Å². The summed E-state index contributed by atoms with van der Waals surface area (Å²) in [4.78, 5) is 32.4. The molecule has 18 heteroatoms. The average Bonchev–Trinajstić information content (AvgIpc) is 3.72. The van der Waals surface area contributed by atoms with E-state index in [4.69, 9.17) is 33.7 Å². The number of aromatic hydroxyl groups is 1. The van der Waals surface area contributed by atoms with E-state index in [1.54, 1.807) is 30.3 Å². The maximum atomic E-state index is 16.2. The number of piperazine rings is 1. The quantitative estimate of drug-likeness (QED) is 0.0447. The number of para-hydroxylation sites is 1. The smallest absolute Gasteiger partial charge is 0.251 e. The van der Waals surface area contributed by atoms with Gasteiger partial charge in [-0.3, -0.25) is 9.59 Å². The van der Waals surface area contributed by atoms with Crippen molar-refractivity contribution in [3.05, 3.63) is 153 Å². The van der Waals surface area contributed by atoms with Crippen molar-refractivity contribution < 1.29 is 28.2 Å². The first-order valence-electron chi connectivity index (χ1n) is 25.1. The molecule has 2 aliphatic rings. The van der Waals surface area contributed by atoms with E-state index in [9.17, 15) is 20.0 Å². The first-order chi connectivity index (χ1) is 36.0. The van der Waals surface area contributed by atoms with Crippen LogP contribution in [0.4, 0.5) is 31.7 Å². The Morgan fingerprint density at radius 3 is 2.35 bits per heavy atom. The molecule has 2 amide bonds. The number of methoxy groups -OCH3 is 1. The maximum Gasteiger partial charge on any atom is 0.251 e. The number of aromatic nitrogens is 2. The number of unbranched alkanes of at least 4 members (excludes halogenated alkanes) is 2. The van der Waals surface area contributed by atoms with Gasteiger partial charge in [0.05, 0.1) is 41.3 Å². The topological polar surface area (TPSA) is 194 Å². The highest BCUT2D eigenvalue weighted by atomic mass is 35.5. The van der Waals surface area contributed by atoms with Crippen molar-refractivity contribution in [2.75, 3.05) is 67.2 Å². The summed E-state index contributed by atoms with van der Waals surface area (Å²) in [5, 5.41) is 42.5. The molecule has 0 aliphatic carbocycles. The molecule has 5 aromatic carbocycles. The summed E-state index contributed by atoms with van der Waals surface area (Å²) in [5.74, 6) is -3.10. The third kappa shape index (κ3) is 12.2. The van der Waals surface area contributed by atoms with Crippen LogP contribution >= 0.6 is 23.2 Å². The first-order valence-corrected chi connectivity index (χ1v) is 25.8. The predicted molar refractivity (Wildman–Crippen MR) is 292 cm³/mol. The number of carbonyl (C=O) groups is 2. The average molecular weight is 1060 g/mol. The number of benzene rings is 5. The molecule has 2 saturated heterocycles. The number of rotatable bonds is 18. The summed E-state index contributed by atoms with van der Waals surface area (Å²) >= 11 is 12.5. The molecule has 0 radical (unpaired) electrons. The van der Waals surface area contributed by atoms with Crippen molar-refractivity contribution in [3.63, 3.8) is 0 Å². The van der Waals surface area contributed by atoms with E-state index in [2.05, 4.69) is 71.6 Å². The van der Waals surface area contributed by atoms with E-state index < -0.39 is 46.4 Å². The van der Waals surface area contributed by atoms with Gasteiger partial charge in [0, 0.05) is 78.6 Å². The molecule has 0 bridgehead atoms. The van der Waals surface area contributed by atoms with Gasteiger partial charge in [-0.25, -0.2) is 8.78 Å². The first kappa shape index (κ1) is 54.2. The van der Waals surface area contributed by atoms with Crippen LogP contribution in [0.3, 0.4) is 0 Å². The van der Waals surface area contributed by atoms with E-state index in [0.29, 0.717) is 35.6 Å². The van der Waals surface area contributed by atoms with Crippen LogP contribution in [0.15, 0.2) is 109 Å². The van der Waals surface area contributed by atoms with Crippen LogP contribution in [0, 0.1) is 28.4 Å². The fraction of sp³-hybridized carbons (Fsp3) is 0.351. The number of halogens is 4. The van der Waals surface area contributed by atoms with Crippen molar-refractivity contribution >= 4 is 57.9 Å². The van der Waals surface area contributed by atoms with Gasteiger partial charge in [0.1, 0.15) is 28.5 Å². The minimum Gasteiger partial charge on any atom is -0.507 e. The number of nitrogen functional groups attached to an aromatic ring is 1. The molecule has 4 atom stereocenters. The van der Waals surface area contributed by atoms with Crippen LogP contribution < -0.4 is 41.5 Å². The second-order valence-electron chi connectivity index (χ2n) is 20.2. The molecule has 6 aromatic rings. The van der Waals surface area contributed by atoms with Crippen molar-refractivity contribution in [1.29, 1.82) is 5.26 Å². The standard InChI is InChI=1S/C57H62Cl2F2N10O4/c1-56(2,3)32-49-57(34-62,41-21-18-37(58)30-43(41)60)50(40-12-10-13-42(59)51(40)61)52(67-49)55(74)66-44-22-17-36(29-48(44)75-4)54(73)65-24-9-5-8-23-64-33-35-15-19-38(20-16-35)70-25-27-71(28-26-70)46-31-45(68-69-53(46)63)39-11-6-7-14-47(39)72/h6-7,10-22,29-31,49-50,52,64,67,72H,5,8-9,23-28,32-33H2,1-4H3,(H2,63,69)(H,65,73)(H,66,74)/t49-,50-,52+,57-/m0/s1. The summed E-state index contributed by atoms with van der Waals surface area (Å²) in [6.07, 6.45) is 2.90. The number of nitriles is 1. The van der Waals surface area contributed by atoms with Gasteiger partial charge in [0.2, 0.25) is 5.91 Å². The van der Waals surface area contributed by atoms with Gasteiger partial charge >= 0.3 is 0 Å². The molecule has 392 valence electrons. The fourth-order valence-electron chi connectivity index (χ4n) is 10.3. The van der Waals surface area contributed by atoms with Crippen LogP contribution in [-0.4, -0.2) is 85.6 Å². The highest BCUT2D eigenvalue weighted by Gasteiger charge is 2.61. The SMILES string of the molecule is COc1cc(C(=O)NCCCCCNCc2ccc(N3CCN(c4cc(-c5ccccc5O)nnc4N)CC3)cc2)ccc1NC(=O)[C@@H]1N[C@@H](CC(C)(C)C)[C@](C#N)(c2ccc(Cl)cc2F)[C@H]1c1cccc(Cl)c1F. The molecule has 14 nitrogen and oxygen atoms in total. The summed E-state index contributed by atoms with van der Waals surface area (Å²) in [6.45, 7) is 11.0. The number of hydrogen-bond acceptors (Lipinski definition) is 12. The third-order valence-electron chi connectivity index (χ3n) is 14.0. The van der Waals surface area contributed by atoms with Crippen molar-refractivity contribution in [3.8, 4) is 28.8 Å². The van der Waals surface area contributed by atoms with Gasteiger partial charge < -0.3 is 46.6 Å². The predicted octanol–water partition coefficient (Wildman–Crippen LogP) is 10.0. The molecular formula is C57H62Cl2F2N10O4. The van der Waals surface area contributed by atoms with Crippen molar-refractivity contribution in [2.24, 2.45) is 5.41 Å². The molecule has 75 heavy (non-hydrogen) atoms. The van der Waals surface area contributed by atoms with Gasteiger partial charge in [-0.1, -0.05) is 92.9 Å². The summed E-state index contributed by atoms with van der Waals surface area (Å²) in [7, 11) is 1.41. The molecule has 2 aliphatic heterocycles. The molecule has 0 spiro atoms. The fourth-order valence-corrected chi connectivity index (χ4v) is 10.6. The van der Waals surface area contributed by atoms with Crippen LogP contribution in [0.5, 0.6) is 11.5 Å². The van der Waals surface area contributed by atoms with Gasteiger partial charge in [0.15, 0.2) is 5.82 Å². The maximum absolute atomic E-state index is 16.2. The molecule has 0 unspecified atom stereocenters. The Hall–Kier alpha value is -7.03. The van der Waals surface area contributed by atoms with Gasteiger partial charge in [-0.15, -0.1) is 10.2 Å². The van der Waals surface area contributed by atoms with Crippen LogP contribution in [0.1, 0.15) is 79.4 Å². The number of nitrogens with one attached hydrogen (secondary N) is 4. The zero-order chi connectivity index (χ0) is 53.4. The summed E-state index contributed by atoms with van der Waals surface area (Å²) in [5.41, 5.74) is 8.85. The molecule has 1 aromatic heterocycles. The normalized spacial score (nSPS) is 18.6.